The first kappa shape index (κ1) is 24.1. The Morgan fingerprint density at radius 3 is 2.42 bits per heavy atom. The number of anilines is 1. The summed E-state index contributed by atoms with van der Waals surface area (Å²) in [4.78, 5) is 14.6. The first-order valence-electron chi connectivity index (χ1n) is 11.9. The van der Waals surface area contributed by atoms with E-state index in [1.807, 2.05) is 23.1 Å². The van der Waals surface area contributed by atoms with Crippen LogP contribution in [0.3, 0.4) is 0 Å². The Labute approximate surface area is 208 Å². The Kier molecular flexibility index (Phi) is 6.77. The van der Waals surface area contributed by atoms with Crippen LogP contribution in [-0.4, -0.2) is 67.4 Å². The number of aromatic nitrogens is 2. The molecule has 1 fully saturated rings. The number of halogens is 2. The fraction of sp³-hybridized carbons (Fsp3) is 0.385. The number of hydrogen-bond donors (Lipinski definition) is 2. The van der Waals surface area contributed by atoms with E-state index in [1.165, 1.54) is 4.68 Å². The minimum atomic E-state index is -2.58. The lowest BCUT2D eigenvalue weighted by atomic mass is 9.97. The number of alkyl halides is 2. The maximum atomic E-state index is 14.1. The van der Waals surface area contributed by atoms with E-state index >= 15 is 0 Å². The first-order chi connectivity index (χ1) is 17.5. The second kappa shape index (κ2) is 10.1. The number of carbonyl (C=O) groups is 1. The van der Waals surface area contributed by atoms with Gasteiger partial charge in [-0.05, 0) is 36.2 Å². The standard InChI is InChI=1S/C26H29F2N5O3/c1-35-22-8-7-18(13-23(22)36-2)19-14-21(25(27)28)33-24(30-19)15-20(31-33)16-3-5-17(6-4-16)26(34)32-11-9-29-10-12-32/h3-8,13,15,19,21,25,29-30H,9-12,14H2,1-2H3/t19-,21+/m0/s1. The van der Waals surface area contributed by atoms with E-state index in [9.17, 15) is 13.6 Å². The molecule has 10 heteroatoms. The highest BCUT2D eigenvalue weighted by Gasteiger charge is 2.35. The maximum Gasteiger partial charge on any atom is 0.260 e. The van der Waals surface area contributed by atoms with Crippen LogP contribution in [-0.2, 0) is 0 Å². The number of methoxy groups -OCH3 is 2. The number of rotatable bonds is 6. The highest BCUT2D eigenvalue weighted by molar-refractivity contribution is 5.94. The van der Waals surface area contributed by atoms with Gasteiger partial charge in [-0.25, -0.2) is 13.5 Å². The summed E-state index contributed by atoms with van der Waals surface area (Å²) in [5.74, 6) is 1.63. The molecule has 0 unspecified atom stereocenters. The number of piperazine rings is 1. The highest BCUT2D eigenvalue weighted by atomic mass is 19.3. The van der Waals surface area contributed by atoms with Crippen molar-refractivity contribution in [1.29, 1.82) is 0 Å². The molecule has 2 atom stereocenters. The van der Waals surface area contributed by atoms with Crippen molar-refractivity contribution in [1.82, 2.24) is 20.0 Å². The van der Waals surface area contributed by atoms with Gasteiger partial charge in [-0.2, -0.15) is 5.10 Å². The molecule has 3 heterocycles. The molecule has 1 amide bonds. The lowest BCUT2D eigenvalue weighted by molar-refractivity contribution is 0.0659. The van der Waals surface area contributed by atoms with Gasteiger partial charge in [0.1, 0.15) is 11.9 Å². The van der Waals surface area contributed by atoms with E-state index in [1.54, 1.807) is 44.6 Å². The van der Waals surface area contributed by atoms with Gasteiger partial charge >= 0.3 is 0 Å². The van der Waals surface area contributed by atoms with Crippen LogP contribution >= 0.6 is 0 Å². The number of nitrogens with one attached hydrogen (secondary N) is 2. The van der Waals surface area contributed by atoms with Gasteiger partial charge in [0.25, 0.3) is 12.3 Å². The molecule has 36 heavy (non-hydrogen) atoms. The first-order valence-corrected chi connectivity index (χ1v) is 11.9. The number of nitrogens with zero attached hydrogens (tertiary/aromatic N) is 3. The summed E-state index contributed by atoms with van der Waals surface area (Å²) in [6.07, 6.45) is -2.42. The van der Waals surface area contributed by atoms with Gasteiger partial charge in [0.2, 0.25) is 0 Å². The predicted molar refractivity (Wildman–Crippen MR) is 132 cm³/mol. The predicted octanol–water partition coefficient (Wildman–Crippen LogP) is 3.98. The molecule has 2 aliphatic heterocycles. The van der Waals surface area contributed by atoms with E-state index in [-0.39, 0.29) is 18.4 Å². The molecule has 0 aliphatic carbocycles. The normalized spacial score (nSPS) is 19.5. The molecule has 3 aromatic rings. The third-order valence-electron chi connectivity index (χ3n) is 6.78. The van der Waals surface area contributed by atoms with Crippen molar-refractivity contribution in [2.24, 2.45) is 0 Å². The van der Waals surface area contributed by atoms with E-state index in [0.29, 0.717) is 41.7 Å². The van der Waals surface area contributed by atoms with Gasteiger partial charge in [0.15, 0.2) is 11.5 Å². The third-order valence-corrected chi connectivity index (χ3v) is 6.78. The van der Waals surface area contributed by atoms with Crippen molar-refractivity contribution in [3.63, 3.8) is 0 Å². The summed E-state index contributed by atoms with van der Waals surface area (Å²) in [5.41, 5.74) is 2.74. The summed E-state index contributed by atoms with van der Waals surface area (Å²) in [6.45, 7) is 2.92. The van der Waals surface area contributed by atoms with E-state index in [4.69, 9.17) is 9.47 Å². The fourth-order valence-corrected chi connectivity index (χ4v) is 4.81. The smallest absolute Gasteiger partial charge is 0.260 e. The zero-order chi connectivity index (χ0) is 25.2. The van der Waals surface area contributed by atoms with Crippen LogP contribution in [0.5, 0.6) is 11.5 Å². The average molecular weight is 498 g/mol. The summed E-state index contributed by atoms with van der Waals surface area (Å²) in [5, 5.41) is 11.1. The number of amides is 1. The Morgan fingerprint density at radius 2 is 1.75 bits per heavy atom. The molecule has 8 nitrogen and oxygen atoms in total. The molecule has 5 rings (SSSR count). The minimum absolute atomic E-state index is 0.00984. The second-order valence-electron chi connectivity index (χ2n) is 8.93. The van der Waals surface area contributed by atoms with Crippen LogP contribution in [0.4, 0.5) is 14.6 Å². The van der Waals surface area contributed by atoms with Crippen LogP contribution in [0.25, 0.3) is 11.3 Å². The molecule has 1 saturated heterocycles. The van der Waals surface area contributed by atoms with Crippen molar-refractivity contribution in [3.05, 3.63) is 59.7 Å². The third kappa shape index (κ3) is 4.60. The monoisotopic (exact) mass is 497 g/mol. The Morgan fingerprint density at radius 1 is 1.03 bits per heavy atom. The zero-order valence-electron chi connectivity index (χ0n) is 20.2. The van der Waals surface area contributed by atoms with Gasteiger partial charge in [-0.3, -0.25) is 4.79 Å². The van der Waals surface area contributed by atoms with Gasteiger partial charge in [0, 0.05) is 43.4 Å². The summed E-state index contributed by atoms with van der Waals surface area (Å²) in [7, 11) is 3.10. The minimum Gasteiger partial charge on any atom is -0.493 e. The SMILES string of the molecule is COc1ccc([C@@H]2C[C@H](C(F)F)n3nc(-c4ccc(C(=O)N5CCNCC5)cc4)cc3N2)cc1OC. The van der Waals surface area contributed by atoms with Crippen LogP contribution in [0, 0.1) is 0 Å². The summed E-state index contributed by atoms with van der Waals surface area (Å²) in [6, 6.07) is 12.9. The highest BCUT2D eigenvalue weighted by Crippen LogP contribution is 2.41. The van der Waals surface area contributed by atoms with Gasteiger partial charge in [-0.1, -0.05) is 18.2 Å². The fourth-order valence-electron chi connectivity index (χ4n) is 4.81. The summed E-state index contributed by atoms with van der Waals surface area (Å²) >= 11 is 0. The van der Waals surface area contributed by atoms with Crippen molar-refractivity contribution < 1.29 is 23.0 Å². The van der Waals surface area contributed by atoms with Crippen molar-refractivity contribution in [3.8, 4) is 22.8 Å². The molecule has 0 radical (unpaired) electrons. The number of benzene rings is 2. The van der Waals surface area contributed by atoms with E-state index in [0.717, 1.165) is 24.2 Å². The van der Waals surface area contributed by atoms with Crippen molar-refractivity contribution in [2.45, 2.75) is 24.9 Å². The Hall–Kier alpha value is -3.66. The molecular weight excluding hydrogens is 468 g/mol. The van der Waals surface area contributed by atoms with Gasteiger partial charge in [0.05, 0.1) is 26.0 Å². The molecule has 0 spiro atoms. The Balaban J connectivity index is 1.40. The quantitative estimate of drug-likeness (QED) is 0.537. The molecule has 2 aliphatic rings. The molecule has 2 N–H and O–H groups in total. The molecule has 190 valence electrons. The van der Waals surface area contributed by atoms with E-state index < -0.39 is 12.5 Å². The average Bonchev–Trinajstić information content (AvgIpc) is 3.36. The van der Waals surface area contributed by atoms with Crippen LogP contribution in [0.2, 0.25) is 0 Å². The molecular formula is C26H29F2N5O3. The van der Waals surface area contributed by atoms with Crippen LogP contribution < -0.4 is 20.1 Å². The molecule has 0 saturated carbocycles. The summed E-state index contributed by atoms with van der Waals surface area (Å²) < 4.78 is 40.3. The van der Waals surface area contributed by atoms with Crippen molar-refractivity contribution >= 4 is 11.7 Å². The van der Waals surface area contributed by atoms with Crippen LogP contribution in [0.15, 0.2) is 48.5 Å². The van der Waals surface area contributed by atoms with Gasteiger partial charge < -0.3 is 25.0 Å². The lowest BCUT2D eigenvalue weighted by Gasteiger charge is -2.32. The topological polar surface area (TPSA) is 80.7 Å². The molecule has 2 aromatic carbocycles. The number of carbonyl (C=O) groups excluding carboxylic acids is 1. The lowest BCUT2D eigenvalue weighted by Crippen LogP contribution is -2.46. The van der Waals surface area contributed by atoms with Crippen LogP contribution in [0.1, 0.15) is 34.4 Å². The van der Waals surface area contributed by atoms with E-state index in [2.05, 4.69) is 15.7 Å². The second-order valence-corrected chi connectivity index (χ2v) is 8.93. The molecule has 1 aromatic heterocycles. The zero-order valence-corrected chi connectivity index (χ0v) is 20.2. The Bertz CT molecular complexity index is 1220. The largest absolute Gasteiger partial charge is 0.493 e. The number of fused-ring (bicyclic) bond motifs is 1. The maximum absolute atomic E-state index is 14.1. The van der Waals surface area contributed by atoms with Gasteiger partial charge in [-0.15, -0.1) is 0 Å². The number of ether oxygens (including phenoxy) is 2. The van der Waals surface area contributed by atoms with Crippen molar-refractivity contribution in [2.75, 3.05) is 45.7 Å². The molecule has 0 bridgehead atoms. The number of hydrogen-bond acceptors (Lipinski definition) is 6.